The molecule has 5 unspecified atom stereocenters. The molecular formula is C47H76O19P2. The molecule has 0 radical (unpaired) electrons. The highest BCUT2D eigenvalue weighted by Crippen LogP contribution is 2.49. The van der Waals surface area contributed by atoms with Crippen molar-refractivity contribution in [2.24, 2.45) is 0 Å². The molecule has 0 aromatic heterocycles. The average molecular weight is 1010 g/mol. The number of allylic oxidation sites excluding steroid dienone is 13. The van der Waals surface area contributed by atoms with Crippen molar-refractivity contribution in [2.45, 2.75) is 171 Å². The van der Waals surface area contributed by atoms with Gasteiger partial charge < -0.3 is 59.9 Å². The molecule has 11 atom stereocenters. The second kappa shape index (κ2) is 36.7. The van der Waals surface area contributed by atoms with Crippen LogP contribution in [0.1, 0.15) is 110 Å². The van der Waals surface area contributed by atoms with Crippen LogP contribution in [0.2, 0.25) is 0 Å². The molecule has 0 aromatic rings. The lowest BCUT2D eigenvalue weighted by molar-refractivity contribution is -0.216. The highest BCUT2D eigenvalue weighted by atomic mass is 31.2. The van der Waals surface area contributed by atoms with E-state index in [1.54, 1.807) is 36.5 Å². The zero-order valence-electron chi connectivity index (χ0n) is 39.1. The van der Waals surface area contributed by atoms with Crippen molar-refractivity contribution in [1.29, 1.82) is 0 Å². The largest absolute Gasteiger partial charge is 0.472 e. The van der Waals surface area contributed by atoms with E-state index in [2.05, 4.69) is 47.9 Å². The maximum atomic E-state index is 13.0. The van der Waals surface area contributed by atoms with E-state index in [0.717, 1.165) is 57.8 Å². The van der Waals surface area contributed by atoms with Crippen LogP contribution in [-0.2, 0) is 41.8 Å². The topological polar surface area (TPSA) is 317 Å². The number of hydrogen-bond acceptors (Lipinski definition) is 16. The maximum absolute atomic E-state index is 13.0. The molecule has 0 saturated heterocycles. The van der Waals surface area contributed by atoms with Gasteiger partial charge in [-0.25, -0.2) is 9.13 Å². The first kappa shape index (κ1) is 62.8. The fourth-order valence-electron chi connectivity index (χ4n) is 6.32. The van der Waals surface area contributed by atoms with Crippen LogP contribution in [0.5, 0.6) is 0 Å². The number of phosphoric ester groups is 2. The molecule has 1 aliphatic carbocycles. The van der Waals surface area contributed by atoms with Crippen LogP contribution in [0, 0.1) is 0 Å². The molecule has 0 aromatic carbocycles. The number of aliphatic hydroxyl groups is 7. The van der Waals surface area contributed by atoms with Gasteiger partial charge >= 0.3 is 27.6 Å². The summed E-state index contributed by atoms with van der Waals surface area (Å²) in [4.78, 5) is 54.3. The second-order valence-electron chi connectivity index (χ2n) is 15.9. The molecule has 1 rings (SSSR count). The van der Waals surface area contributed by atoms with Crippen LogP contribution < -0.4 is 0 Å². The van der Waals surface area contributed by atoms with E-state index in [1.165, 1.54) is 12.2 Å². The average Bonchev–Trinajstić information content (AvgIpc) is 3.28. The van der Waals surface area contributed by atoms with Gasteiger partial charge in [-0.05, 0) is 64.2 Å². The Labute approximate surface area is 400 Å². The first-order valence-corrected chi connectivity index (χ1v) is 26.1. The minimum Gasteiger partial charge on any atom is -0.462 e. The molecule has 0 amide bonds. The standard InChI is InChI=1S/C47H76O19P2/c1-3-5-7-8-9-10-11-12-13-14-15-16-17-22-26-32-40(51)62-34-37(35-63-68(60,61)66-47-44(55)42(53)43(54)46(45(47)56)65-67(57,58)59)64-41(52)33-27-31-39(50)38(49)30-25-21-19-18-20-24-29-36(48)28-23-6-4-2/h5-7,9-10,12-13,18-21,23-25,29-30,36-39,42-50,53-56H,3-4,8,11,14-17,22,26-28,31-35H2,1-2H3,(H,60,61)(H2,57,58,59)/b7-5-,10-9-,13-12-,20-18+,21-19-,23-6-,29-24+,30-25-/t36-,37+,38+,39+,42?,43?,44?,45?,46+,47-/m0/s1. The molecular weight excluding hydrogens is 930 g/mol. The lowest BCUT2D eigenvalue weighted by Crippen LogP contribution is -2.64. The fraction of sp³-hybridized carbons (Fsp3) is 0.617. The molecule has 21 heteroatoms. The Bertz CT molecular complexity index is 1740. The third-order valence-corrected chi connectivity index (χ3v) is 11.5. The van der Waals surface area contributed by atoms with E-state index in [-0.39, 0.29) is 25.7 Å². The van der Waals surface area contributed by atoms with Gasteiger partial charge in [-0.15, -0.1) is 0 Å². The van der Waals surface area contributed by atoms with Crippen molar-refractivity contribution >= 4 is 27.6 Å². The Morgan fingerprint density at radius 2 is 1.13 bits per heavy atom. The Hall–Kier alpha value is -3.20. The van der Waals surface area contributed by atoms with E-state index in [4.69, 9.17) is 28.3 Å². The third-order valence-electron chi connectivity index (χ3n) is 10.00. The summed E-state index contributed by atoms with van der Waals surface area (Å²) in [6, 6.07) is 0. The van der Waals surface area contributed by atoms with E-state index < -0.39 is 102 Å². The van der Waals surface area contributed by atoms with Gasteiger partial charge in [-0.1, -0.05) is 130 Å². The zero-order chi connectivity index (χ0) is 50.8. The molecule has 1 fully saturated rings. The summed E-state index contributed by atoms with van der Waals surface area (Å²) >= 11 is 0. The van der Waals surface area contributed by atoms with Crippen LogP contribution in [0.3, 0.4) is 0 Å². The normalized spacial score (nSPS) is 23.5. The number of esters is 2. The zero-order valence-corrected chi connectivity index (χ0v) is 40.9. The number of carbonyl (C=O) groups is 2. The first-order chi connectivity index (χ1) is 32.3. The number of hydrogen-bond donors (Lipinski definition) is 10. The number of ether oxygens (including phenoxy) is 2. The summed E-state index contributed by atoms with van der Waals surface area (Å²) in [6.07, 6.45) is 20.0. The predicted molar refractivity (Wildman–Crippen MR) is 254 cm³/mol. The summed E-state index contributed by atoms with van der Waals surface area (Å²) < 4.78 is 49.1. The summed E-state index contributed by atoms with van der Waals surface area (Å²) in [5, 5.41) is 71.8. The Balaban J connectivity index is 2.78. The molecule has 388 valence electrons. The summed E-state index contributed by atoms with van der Waals surface area (Å²) in [5.74, 6) is -1.57. The van der Waals surface area contributed by atoms with Crippen LogP contribution in [0.25, 0.3) is 0 Å². The van der Waals surface area contributed by atoms with Crippen molar-refractivity contribution in [2.75, 3.05) is 13.2 Å². The molecule has 1 aliphatic rings. The fourth-order valence-corrected chi connectivity index (χ4v) is 7.86. The Kier molecular flexibility index (Phi) is 33.9. The Morgan fingerprint density at radius 1 is 0.588 bits per heavy atom. The van der Waals surface area contributed by atoms with Crippen LogP contribution in [0.15, 0.2) is 97.2 Å². The van der Waals surface area contributed by atoms with Crippen molar-refractivity contribution in [3.05, 3.63) is 97.2 Å². The van der Waals surface area contributed by atoms with Crippen LogP contribution in [0.4, 0.5) is 0 Å². The SMILES string of the molecule is CC/C=C\C/C=C\C/C=C\CCCCCCCC(=O)OC[C@H](COP(=O)(O)O[C@H]1C(O)C(O)C(O)[C@@H](OP(=O)(O)O)C1O)OC(=O)CCC[C@@H](O)[C@H](O)\C=C/C=C\C=C\C=C\[C@@H](O)C/C=C\CC. The molecule has 1 saturated carbocycles. The predicted octanol–water partition coefficient (Wildman–Crippen LogP) is 5.30. The van der Waals surface area contributed by atoms with Gasteiger partial charge in [-0.3, -0.25) is 23.2 Å². The minimum absolute atomic E-state index is 0.0131. The molecule has 0 heterocycles. The molecule has 68 heavy (non-hydrogen) atoms. The van der Waals surface area contributed by atoms with Crippen molar-refractivity contribution in [1.82, 2.24) is 0 Å². The Morgan fingerprint density at radius 3 is 1.78 bits per heavy atom. The number of aliphatic hydroxyl groups excluding tert-OH is 7. The molecule has 0 bridgehead atoms. The van der Waals surface area contributed by atoms with Gasteiger partial charge in [0, 0.05) is 12.8 Å². The lowest BCUT2D eigenvalue weighted by atomic mass is 9.85. The highest BCUT2D eigenvalue weighted by molar-refractivity contribution is 7.47. The minimum atomic E-state index is -5.42. The maximum Gasteiger partial charge on any atom is 0.472 e. The van der Waals surface area contributed by atoms with Gasteiger partial charge in [-0.2, -0.15) is 0 Å². The van der Waals surface area contributed by atoms with Crippen molar-refractivity contribution in [3.63, 3.8) is 0 Å². The third kappa shape index (κ3) is 30.4. The van der Waals surface area contributed by atoms with Gasteiger partial charge in [0.25, 0.3) is 0 Å². The van der Waals surface area contributed by atoms with Gasteiger partial charge in [0.05, 0.1) is 24.9 Å². The van der Waals surface area contributed by atoms with Crippen LogP contribution >= 0.6 is 15.6 Å². The van der Waals surface area contributed by atoms with E-state index >= 15 is 0 Å². The van der Waals surface area contributed by atoms with Crippen molar-refractivity contribution in [3.8, 4) is 0 Å². The molecule has 0 spiro atoms. The molecule has 19 nitrogen and oxygen atoms in total. The van der Waals surface area contributed by atoms with Crippen molar-refractivity contribution < 1.29 is 92.2 Å². The van der Waals surface area contributed by atoms with Crippen LogP contribution in [-0.4, -0.2) is 137 Å². The van der Waals surface area contributed by atoms with E-state index in [9.17, 15) is 59.4 Å². The monoisotopic (exact) mass is 1010 g/mol. The van der Waals surface area contributed by atoms with Gasteiger partial charge in [0.15, 0.2) is 6.10 Å². The number of rotatable bonds is 36. The first-order valence-electron chi connectivity index (χ1n) is 23.1. The molecule has 0 aliphatic heterocycles. The summed E-state index contributed by atoms with van der Waals surface area (Å²) in [5.41, 5.74) is 0. The van der Waals surface area contributed by atoms with Gasteiger partial charge in [0.2, 0.25) is 0 Å². The summed E-state index contributed by atoms with van der Waals surface area (Å²) in [7, 11) is -10.8. The second-order valence-corrected chi connectivity index (χ2v) is 18.5. The number of phosphoric acid groups is 2. The number of carbonyl (C=O) groups excluding carboxylic acids is 2. The lowest BCUT2D eigenvalue weighted by Gasteiger charge is -2.43. The smallest absolute Gasteiger partial charge is 0.462 e. The van der Waals surface area contributed by atoms with E-state index in [1.807, 2.05) is 19.1 Å². The quantitative estimate of drug-likeness (QED) is 0.0125. The highest BCUT2D eigenvalue weighted by Gasteiger charge is 2.54. The number of unbranched alkanes of at least 4 members (excludes halogenated alkanes) is 5. The molecule has 10 N–H and O–H groups in total. The van der Waals surface area contributed by atoms with Gasteiger partial charge in [0.1, 0.15) is 43.2 Å². The van der Waals surface area contributed by atoms with E-state index in [0.29, 0.717) is 12.8 Å². The summed E-state index contributed by atoms with van der Waals surface area (Å²) in [6.45, 7) is 2.48.